The van der Waals surface area contributed by atoms with Crippen LogP contribution in [0.15, 0.2) is 18.2 Å². The van der Waals surface area contributed by atoms with Gasteiger partial charge in [0.2, 0.25) is 5.95 Å². The molecule has 1 aromatic rings. The second-order valence-electron chi connectivity index (χ2n) is 3.02. The number of hydrogen-bond acceptors (Lipinski definition) is 4. The van der Waals surface area contributed by atoms with Gasteiger partial charge in [0.15, 0.2) is 0 Å². The van der Waals surface area contributed by atoms with Crippen LogP contribution in [0.3, 0.4) is 0 Å². The zero-order valence-electron chi connectivity index (χ0n) is 8.69. The molecule has 0 aromatic carbocycles. The molecule has 0 unspecified atom stereocenters. The van der Waals surface area contributed by atoms with E-state index < -0.39 is 5.95 Å². The Balaban J connectivity index is 2.69. The fraction of sp³-hybridized carbons (Fsp3) is 0.500. The Hall–Kier alpha value is -1.20. The van der Waals surface area contributed by atoms with Gasteiger partial charge in [-0.15, -0.1) is 0 Å². The molecule has 0 amide bonds. The highest BCUT2D eigenvalue weighted by Gasteiger charge is 2.07. The summed E-state index contributed by atoms with van der Waals surface area (Å²) in [7, 11) is 1.59. The van der Waals surface area contributed by atoms with Crippen LogP contribution in [0.5, 0.6) is 0 Å². The van der Waals surface area contributed by atoms with E-state index in [0.717, 1.165) is 0 Å². The molecule has 0 spiro atoms. The number of aromatic nitrogens is 1. The molecule has 0 saturated heterocycles. The van der Waals surface area contributed by atoms with Gasteiger partial charge in [0.25, 0.3) is 0 Å². The summed E-state index contributed by atoms with van der Waals surface area (Å²) in [6.07, 6.45) is 0. The number of anilines is 1. The van der Waals surface area contributed by atoms with Gasteiger partial charge in [0.05, 0.1) is 13.2 Å². The van der Waals surface area contributed by atoms with Crippen molar-refractivity contribution in [1.29, 1.82) is 0 Å². The van der Waals surface area contributed by atoms with Crippen molar-refractivity contribution in [3.63, 3.8) is 0 Å². The first kappa shape index (κ1) is 11.9. The van der Waals surface area contributed by atoms with Crippen LogP contribution in [-0.4, -0.2) is 43.5 Å². The zero-order chi connectivity index (χ0) is 11.1. The molecule has 0 fully saturated rings. The number of pyridine rings is 1. The van der Waals surface area contributed by atoms with E-state index in [1.54, 1.807) is 24.1 Å². The third-order valence-electron chi connectivity index (χ3n) is 1.96. The number of methoxy groups -OCH3 is 1. The molecule has 4 nitrogen and oxygen atoms in total. The summed E-state index contributed by atoms with van der Waals surface area (Å²) in [5.41, 5.74) is 0. The molecule has 0 aliphatic carbocycles. The van der Waals surface area contributed by atoms with Gasteiger partial charge >= 0.3 is 0 Å². The van der Waals surface area contributed by atoms with Gasteiger partial charge in [0, 0.05) is 20.2 Å². The molecule has 0 atom stereocenters. The maximum absolute atomic E-state index is 12.9. The fourth-order valence-electron chi connectivity index (χ4n) is 1.24. The van der Waals surface area contributed by atoms with Crippen molar-refractivity contribution in [3.05, 3.63) is 24.1 Å². The smallest absolute Gasteiger partial charge is 0.214 e. The lowest BCUT2D eigenvalue weighted by atomic mass is 10.4. The quantitative estimate of drug-likeness (QED) is 0.707. The van der Waals surface area contributed by atoms with Crippen molar-refractivity contribution in [2.45, 2.75) is 0 Å². The highest BCUT2D eigenvalue weighted by molar-refractivity contribution is 5.37. The summed E-state index contributed by atoms with van der Waals surface area (Å²) < 4.78 is 17.8. The highest BCUT2D eigenvalue weighted by Crippen LogP contribution is 2.10. The van der Waals surface area contributed by atoms with E-state index in [1.807, 2.05) is 0 Å². The number of ether oxygens (including phenoxy) is 1. The lowest BCUT2D eigenvalue weighted by molar-refractivity contribution is 0.202. The van der Waals surface area contributed by atoms with Gasteiger partial charge in [-0.1, -0.05) is 6.07 Å². The van der Waals surface area contributed by atoms with E-state index in [1.165, 1.54) is 6.07 Å². The molecule has 1 aromatic heterocycles. The first-order chi connectivity index (χ1) is 7.27. The molecule has 15 heavy (non-hydrogen) atoms. The predicted octanol–water partition coefficient (Wildman–Crippen LogP) is 0.666. The number of nitrogens with zero attached hydrogens (tertiary/aromatic N) is 2. The molecule has 5 heteroatoms. The van der Waals surface area contributed by atoms with Crippen molar-refractivity contribution in [2.75, 3.05) is 38.3 Å². The second kappa shape index (κ2) is 6.31. The van der Waals surface area contributed by atoms with E-state index in [4.69, 9.17) is 9.84 Å². The number of aliphatic hydroxyl groups excluding tert-OH is 1. The maximum atomic E-state index is 12.9. The fourth-order valence-corrected chi connectivity index (χ4v) is 1.24. The number of hydrogen-bond donors (Lipinski definition) is 1. The summed E-state index contributed by atoms with van der Waals surface area (Å²) in [6, 6.07) is 4.58. The van der Waals surface area contributed by atoms with E-state index >= 15 is 0 Å². The van der Waals surface area contributed by atoms with Gasteiger partial charge in [-0.05, 0) is 12.1 Å². The van der Waals surface area contributed by atoms with E-state index in [2.05, 4.69) is 4.98 Å². The van der Waals surface area contributed by atoms with Gasteiger partial charge in [-0.3, -0.25) is 0 Å². The molecular formula is C10H15FN2O2. The highest BCUT2D eigenvalue weighted by atomic mass is 19.1. The number of halogens is 1. The first-order valence-corrected chi connectivity index (χ1v) is 4.75. The summed E-state index contributed by atoms with van der Waals surface area (Å²) in [6.45, 7) is 1.51. The van der Waals surface area contributed by atoms with Crippen LogP contribution in [-0.2, 0) is 4.74 Å². The van der Waals surface area contributed by atoms with Crippen LogP contribution < -0.4 is 4.90 Å². The normalized spacial score (nSPS) is 10.3. The summed E-state index contributed by atoms with van der Waals surface area (Å²) in [5.74, 6) is -0.00560. The maximum Gasteiger partial charge on any atom is 0.214 e. The number of aliphatic hydroxyl groups is 1. The minimum atomic E-state index is -0.521. The van der Waals surface area contributed by atoms with Gasteiger partial charge < -0.3 is 14.7 Å². The topological polar surface area (TPSA) is 45.6 Å². The molecule has 0 saturated carbocycles. The molecule has 0 aliphatic rings. The Morgan fingerprint density at radius 2 is 2.27 bits per heavy atom. The summed E-state index contributed by atoms with van der Waals surface area (Å²) in [5, 5.41) is 8.86. The van der Waals surface area contributed by atoms with Crippen molar-refractivity contribution in [2.24, 2.45) is 0 Å². The van der Waals surface area contributed by atoms with Crippen LogP contribution in [0.4, 0.5) is 10.2 Å². The first-order valence-electron chi connectivity index (χ1n) is 4.75. The van der Waals surface area contributed by atoms with Crippen LogP contribution in [0.2, 0.25) is 0 Å². The van der Waals surface area contributed by atoms with Crippen molar-refractivity contribution < 1.29 is 14.2 Å². The number of rotatable bonds is 6. The standard InChI is InChI=1S/C10H15FN2O2/c1-15-8-6-13(5-7-14)10-4-2-3-9(11)12-10/h2-4,14H,5-8H2,1H3. The van der Waals surface area contributed by atoms with Crippen molar-refractivity contribution in [1.82, 2.24) is 4.98 Å². The SMILES string of the molecule is COCCN(CCO)c1cccc(F)n1. The van der Waals surface area contributed by atoms with E-state index in [-0.39, 0.29) is 6.61 Å². The van der Waals surface area contributed by atoms with Crippen LogP contribution >= 0.6 is 0 Å². The average Bonchev–Trinajstić information content (AvgIpc) is 2.24. The molecule has 84 valence electrons. The van der Waals surface area contributed by atoms with Crippen LogP contribution in [0.1, 0.15) is 0 Å². The Morgan fingerprint density at radius 1 is 1.47 bits per heavy atom. The Labute approximate surface area is 88.3 Å². The van der Waals surface area contributed by atoms with Gasteiger partial charge in [-0.25, -0.2) is 4.98 Å². The van der Waals surface area contributed by atoms with Crippen LogP contribution in [0.25, 0.3) is 0 Å². The third-order valence-corrected chi connectivity index (χ3v) is 1.96. The third kappa shape index (κ3) is 3.81. The molecule has 0 bridgehead atoms. The summed E-state index contributed by atoms with van der Waals surface area (Å²) in [4.78, 5) is 5.51. The zero-order valence-corrected chi connectivity index (χ0v) is 8.69. The predicted molar refractivity (Wildman–Crippen MR) is 55.4 cm³/mol. The minimum Gasteiger partial charge on any atom is -0.395 e. The monoisotopic (exact) mass is 214 g/mol. The van der Waals surface area contributed by atoms with E-state index in [9.17, 15) is 4.39 Å². The lowest BCUT2D eigenvalue weighted by Crippen LogP contribution is -2.31. The lowest BCUT2D eigenvalue weighted by Gasteiger charge is -2.22. The average molecular weight is 214 g/mol. The van der Waals surface area contributed by atoms with Gasteiger partial charge in [-0.2, -0.15) is 4.39 Å². The van der Waals surface area contributed by atoms with Crippen molar-refractivity contribution in [3.8, 4) is 0 Å². The van der Waals surface area contributed by atoms with Gasteiger partial charge in [0.1, 0.15) is 5.82 Å². The Kier molecular flexibility index (Phi) is 5.00. The largest absolute Gasteiger partial charge is 0.395 e. The van der Waals surface area contributed by atoms with E-state index in [0.29, 0.717) is 25.5 Å². The molecule has 0 radical (unpaired) electrons. The van der Waals surface area contributed by atoms with Crippen molar-refractivity contribution >= 4 is 5.82 Å². The molecule has 1 N–H and O–H groups in total. The minimum absolute atomic E-state index is 0.00189. The second-order valence-corrected chi connectivity index (χ2v) is 3.02. The Bertz CT molecular complexity index is 297. The summed E-state index contributed by atoms with van der Waals surface area (Å²) >= 11 is 0. The Morgan fingerprint density at radius 3 is 2.87 bits per heavy atom. The molecule has 1 rings (SSSR count). The molecule has 1 heterocycles. The molecule has 0 aliphatic heterocycles. The van der Waals surface area contributed by atoms with Crippen LogP contribution in [0, 0.1) is 5.95 Å². The molecular weight excluding hydrogens is 199 g/mol.